The Morgan fingerprint density at radius 3 is 1.52 bits per heavy atom. The maximum absolute atomic E-state index is 11.1. The van der Waals surface area contributed by atoms with E-state index in [0.29, 0.717) is 23.0 Å². The molecule has 3 aromatic rings. The van der Waals surface area contributed by atoms with Gasteiger partial charge in [-0.05, 0) is 184 Å². The van der Waals surface area contributed by atoms with E-state index in [0.717, 1.165) is 27.0 Å². The smallest absolute Gasteiger partial charge is 0.320 e. The van der Waals surface area contributed by atoms with E-state index in [4.69, 9.17) is 20.3 Å². The van der Waals surface area contributed by atoms with E-state index in [9.17, 15) is 9.90 Å². The van der Waals surface area contributed by atoms with Crippen LogP contribution in [0.25, 0.3) is 0 Å². The highest BCUT2D eigenvalue weighted by molar-refractivity contribution is 14.1. The Morgan fingerprint density at radius 2 is 1.12 bits per heavy atom. The van der Waals surface area contributed by atoms with Crippen LogP contribution >= 0.6 is 136 Å². The minimum absolute atomic E-state index is 0.247. The summed E-state index contributed by atoms with van der Waals surface area (Å²) >= 11 is 12.9. The van der Waals surface area contributed by atoms with Gasteiger partial charge in [0.1, 0.15) is 23.3 Å². The molecule has 0 fully saturated rings. The zero-order valence-electron chi connectivity index (χ0n) is 16.2. The van der Waals surface area contributed by atoms with Crippen LogP contribution in [0.3, 0.4) is 0 Å². The van der Waals surface area contributed by atoms with E-state index in [1.165, 1.54) is 0 Å². The molecule has 3 rings (SSSR count). The van der Waals surface area contributed by atoms with Crippen molar-refractivity contribution in [1.29, 1.82) is 0 Å². The summed E-state index contributed by atoms with van der Waals surface area (Å²) in [6, 6.07) is 10.2. The minimum Gasteiger partial charge on any atom is -0.506 e. The average molecular weight is 1120 g/mol. The molecule has 4 N–H and O–H groups in total. The Hall–Kier alpha value is 0.870. The fourth-order valence-electron chi connectivity index (χ4n) is 2.70. The Kier molecular flexibility index (Phi) is 10.7. The van der Waals surface area contributed by atoms with Crippen molar-refractivity contribution in [2.75, 3.05) is 0 Å². The minimum atomic E-state index is -1.02. The third-order valence-corrected chi connectivity index (χ3v) is 9.08. The molecule has 0 aliphatic heterocycles. The second-order valence-electron chi connectivity index (χ2n) is 6.69. The van der Waals surface area contributed by atoms with Crippen LogP contribution in [0.2, 0.25) is 0 Å². The van der Waals surface area contributed by atoms with Crippen molar-refractivity contribution in [3.05, 3.63) is 63.4 Å². The summed E-state index contributed by atoms with van der Waals surface area (Å²) in [5, 5.41) is 19.0. The quantitative estimate of drug-likeness (QED) is 0.212. The number of hydrogen-bond acceptors (Lipinski definition) is 5. The van der Waals surface area contributed by atoms with Gasteiger partial charge in [-0.2, -0.15) is 0 Å². The van der Waals surface area contributed by atoms with Crippen LogP contribution in [0.1, 0.15) is 5.56 Å². The topological polar surface area (TPSA) is 102 Å². The lowest BCUT2D eigenvalue weighted by Gasteiger charge is -2.16. The first-order valence-electron chi connectivity index (χ1n) is 8.95. The maximum atomic E-state index is 11.1. The lowest BCUT2D eigenvalue weighted by molar-refractivity contribution is -0.138. The summed E-state index contributed by atoms with van der Waals surface area (Å²) in [6.07, 6.45) is 0.249. The van der Waals surface area contributed by atoms with Crippen molar-refractivity contribution < 1.29 is 24.5 Å². The maximum Gasteiger partial charge on any atom is 0.320 e. The molecule has 0 aliphatic rings. The lowest BCUT2D eigenvalue weighted by Crippen LogP contribution is -2.32. The van der Waals surface area contributed by atoms with Gasteiger partial charge >= 0.3 is 5.97 Å². The Morgan fingerprint density at radius 1 is 0.758 bits per heavy atom. The molecule has 1 atom stereocenters. The monoisotopic (exact) mass is 1120 g/mol. The molecule has 0 unspecified atom stereocenters. The molecule has 0 saturated heterocycles. The summed E-state index contributed by atoms with van der Waals surface area (Å²) in [7, 11) is 0. The third kappa shape index (κ3) is 7.44. The second-order valence-corrected chi connectivity index (χ2v) is 13.7. The zero-order chi connectivity index (χ0) is 24.4. The number of aromatic hydroxyl groups is 1. The standard InChI is InChI=1S/C21H13I6NO5/c22-11-4-9(5-12(23)18(11)29)32-20-15(26)6-10(7-16(20)27)33-19-13(24)1-8(2-14(19)25)3-17(28)21(30)31/h1-2,4-7,17,29H,3,28H2,(H,30,31)/t17-/m0/s1. The van der Waals surface area contributed by atoms with Gasteiger partial charge in [-0.3, -0.25) is 4.79 Å². The number of ether oxygens (including phenoxy) is 2. The van der Waals surface area contributed by atoms with Crippen molar-refractivity contribution >= 4 is 142 Å². The molecular formula is C21H13I6NO5. The third-order valence-electron chi connectivity index (χ3n) is 4.23. The fraction of sp³-hybridized carbons (Fsp3) is 0.0952. The van der Waals surface area contributed by atoms with Crippen LogP contribution in [0, 0.1) is 21.4 Å². The molecule has 0 aromatic heterocycles. The predicted molar refractivity (Wildman–Crippen MR) is 177 cm³/mol. The van der Waals surface area contributed by atoms with Gasteiger partial charge < -0.3 is 25.4 Å². The molecule has 6 nitrogen and oxygen atoms in total. The fourth-order valence-corrected chi connectivity index (χ4v) is 8.46. The van der Waals surface area contributed by atoms with Crippen LogP contribution in [0.15, 0.2) is 36.4 Å². The second kappa shape index (κ2) is 12.4. The van der Waals surface area contributed by atoms with Crippen molar-refractivity contribution in [3.8, 4) is 28.7 Å². The van der Waals surface area contributed by atoms with Crippen molar-refractivity contribution in [2.24, 2.45) is 5.73 Å². The van der Waals surface area contributed by atoms with Crippen LogP contribution in [-0.2, 0) is 11.2 Å². The molecule has 3 aromatic carbocycles. The van der Waals surface area contributed by atoms with Crippen LogP contribution in [-0.4, -0.2) is 22.2 Å². The van der Waals surface area contributed by atoms with E-state index in [-0.39, 0.29) is 12.2 Å². The number of aliphatic carboxylic acids is 1. The first kappa shape index (κ1) is 28.4. The van der Waals surface area contributed by atoms with Gasteiger partial charge in [0.25, 0.3) is 0 Å². The van der Waals surface area contributed by atoms with Crippen LogP contribution in [0.5, 0.6) is 28.7 Å². The van der Waals surface area contributed by atoms with E-state index in [1.54, 1.807) is 12.1 Å². The highest BCUT2D eigenvalue weighted by Gasteiger charge is 2.18. The number of nitrogens with two attached hydrogens (primary N) is 1. The molecule has 0 heterocycles. The number of carboxylic acids is 1. The number of carboxylic acid groups (broad SMARTS) is 1. The number of benzene rings is 3. The highest BCUT2D eigenvalue weighted by Crippen LogP contribution is 2.40. The number of rotatable bonds is 7. The molecule has 0 amide bonds. The van der Waals surface area contributed by atoms with Crippen LogP contribution < -0.4 is 15.2 Å². The number of phenols is 1. The van der Waals surface area contributed by atoms with E-state index >= 15 is 0 Å². The Bertz CT molecular complexity index is 1170. The molecule has 0 radical (unpaired) electrons. The van der Waals surface area contributed by atoms with Crippen molar-refractivity contribution in [2.45, 2.75) is 12.5 Å². The van der Waals surface area contributed by atoms with Crippen LogP contribution in [0.4, 0.5) is 0 Å². The van der Waals surface area contributed by atoms with Gasteiger partial charge in [-0.25, -0.2) is 0 Å². The first-order chi connectivity index (χ1) is 15.5. The zero-order valence-corrected chi connectivity index (χ0v) is 29.2. The van der Waals surface area contributed by atoms with Gasteiger partial charge in [0.2, 0.25) is 0 Å². The Labute approximate surface area is 272 Å². The summed E-state index contributed by atoms with van der Waals surface area (Å²) in [5.41, 5.74) is 6.52. The summed E-state index contributed by atoms with van der Waals surface area (Å²) in [4.78, 5) is 11.1. The van der Waals surface area contributed by atoms with E-state index in [2.05, 4.69) is 136 Å². The van der Waals surface area contributed by atoms with Gasteiger partial charge in [-0.15, -0.1) is 0 Å². The number of halogens is 6. The average Bonchev–Trinajstić information content (AvgIpc) is 2.71. The molecule has 12 heteroatoms. The van der Waals surface area contributed by atoms with Crippen molar-refractivity contribution in [1.82, 2.24) is 0 Å². The SMILES string of the molecule is N[C@@H](Cc1cc(I)c(Oc2cc(I)c(Oc3cc(I)c(O)c(I)c3)c(I)c2)c(I)c1)C(=O)O. The molecule has 33 heavy (non-hydrogen) atoms. The number of carbonyl (C=O) groups is 1. The summed E-state index contributed by atoms with van der Waals surface area (Å²) < 4.78 is 17.3. The van der Waals surface area contributed by atoms with Gasteiger partial charge in [0.05, 0.1) is 21.4 Å². The van der Waals surface area contributed by atoms with Gasteiger partial charge in [0, 0.05) is 0 Å². The van der Waals surface area contributed by atoms with E-state index < -0.39 is 12.0 Å². The van der Waals surface area contributed by atoms with E-state index in [1.807, 2.05) is 24.3 Å². The lowest BCUT2D eigenvalue weighted by atomic mass is 10.1. The Balaban J connectivity index is 1.85. The molecule has 0 spiro atoms. The summed E-state index contributed by atoms with van der Waals surface area (Å²) in [6.45, 7) is 0. The molecular weight excluding hydrogens is 1110 g/mol. The predicted octanol–water partition coefficient (Wildman–Crippen LogP) is 7.56. The first-order valence-corrected chi connectivity index (χ1v) is 15.4. The molecule has 0 saturated carbocycles. The van der Waals surface area contributed by atoms with Crippen molar-refractivity contribution in [3.63, 3.8) is 0 Å². The number of phenolic OH excluding ortho intramolecular Hbond substituents is 1. The summed E-state index contributed by atoms with van der Waals surface area (Å²) in [5.74, 6) is 1.94. The largest absolute Gasteiger partial charge is 0.506 e. The molecule has 0 aliphatic carbocycles. The molecule has 174 valence electrons. The van der Waals surface area contributed by atoms with Gasteiger partial charge in [0.15, 0.2) is 11.5 Å². The van der Waals surface area contributed by atoms with Gasteiger partial charge in [-0.1, -0.05) is 0 Å². The number of hydrogen-bond donors (Lipinski definition) is 3. The highest BCUT2D eigenvalue weighted by atomic mass is 127. The normalized spacial score (nSPS) is 11.8. The molecule has 0 bridgehead atoms.